The lowest BCUT2D eigenvalue weighted by molar-refractivity contribution is -0.148. The van der Waals surface area contributed by atoms with Crippen LogP contribution in [0.5, 0.6) is 0 Å². The van der Waals surface area contributed by atoms with Crippen LogP contribution in [0.2, 0.25) is 0 Å². The van der Waals surface area contributed by atoms with E-state index in [1.54, 1.807) is 0 Å². The molecule has 1 aromatic rings. The Hall–Kier alpha value is -1.84. The minimum absolute atomic E-state index is 0.0799. The van der Waals surface area contributed by atoms with Crippen molar-refractivity contribution < 1.29 is 9.59 Å². The van der Waals surface area contributed by atoms with E-state index in [9.17, 15) is 9.59 Å². The van der Waals surface area contributed by atoms with Gasteiger partial charge in [-0.25, -0.2) is 0 Å². The van der Waals surface area contributed by atoms with Gasteiger partial charge in [0.25, 0.3) is 0 Å². The Kier molecular flexibility index (Phi) is 3.94. The lowest BCUT2D eigenvalue weighted by Gasteiger charge is -2.54. The summed E-state index contributed by atoms with van der Waals surface area (Å²) in [6.07, 6.45) is 5.98. The Bertz CT molecular complexity index is 721. The first-order chi connectivity index (χ1) is 12.3. The van der Waals surface area contributed by atoms with E-state index in [0.29, 0.717) is 13.1 Å². The summed E-state index contributed by atoms with van der Waals surface area (Å²) in [6, 6.07) is 10.3. The minimum Gasteiger partial charge on any atom is -0.369 e. The van der Waals surface area contributed by atoms with Gasteiger partial charge in [-0.2, -0.15) is 0 Å². The van der Waals surface area contributed by atoms with E-state index < -0.39 is 10.8 Å². The number of amides is 2. The molecule has 3 aliphatic rings. The zero-order valence-electron chi connectivity index (χ0n) is 16.0. The SMILES string of the molecule is CC1(C)C[C@]2(C(N)=O)CN(C(=O)C3(c4ccccc4)CCCCC3)C[C@H]12. The zero-order valence-corrected chi connectivity index (χ0v) is 16.0. The van der Waals surface area contributed by atoms with Gasteiger partial charge in [-0.1, -0.05) is 63.4 Å². The number of benzene rings is 1. The van der Waals surface area contributed by atoms with Crippen molar-refractivity contribution in [1.82, 2.24) is 4.90 Å². The molecule has 4 heteroatoms. The van der Waals surface area contributed by atoms with Crippen LogP contribution >= 0.6 is 0 Å². The molecule has 2 amide bonds. The number of hydrogen-bond acceptors (Lipinski definition) is 2. The van der Waals surface area contributed by atoms with Gasteiger partial charge in [-0.15, -0.1) is 0 Å². The van der Waals surface area contributed by atoms with E-state index in [1.165, 1.54) is 6.42 Å². The molecule has 0 aromatic heterocycles. The van der Waals surface area contributed by atoms with Gasteiger partial charge >= 0.3 is 0 Å². The molecule has 1 heterocycles. The predicted octanol–water partition coefficient (Wildman–Crippen LogP) is 3.25. The Morgan fingerprint density at radius 2 is 1.73 bits per heavy atom. The topological polar surface area (TPSA) is 63.4 Å². The first kappa shape index (κ1) is 17.6. The van der Waals surface area contributed by atoms with Crippen molar-refractivity contribution in [2.75, 3.05) is 13.1 Å². The smallest absolute Gasteiger partial charge is 0.233 e. The number of carbonyl (C=O) groups excluding carboxylic acids is 2. The van der Waals surface area contributed by atoms with Crippen molar-refractivity contribution >= 4 is 11.8 Å². The Morgan fingerprint density at radius 1 is 1.08 bits per heavy atom. The molecule has 26 heavy (non-hydrogen) atoms. The van der Waals surface area contributed by atoms with E-state index >= 15 is 0 Å². The zero-order chi connectivity index (χ0) is 18.6. The molecule has 2 aliphatic carbocycles. The van der Waals surface area contributed by atoms with E-state index in [-0.39, 0.29) is 23.1 Å². The van der Waals surface area contributed by atoms with Gasteiger partial charge in [-0.3, -0.25) is 9.59 Å². The van der Waals surface area contributed by atoms with Crippen molar-refractivity contribution in [3.8, 4) is 0 Å². The van der Waals surface area contributed by atoms with Crippen LogP contribution in [0.4, 0.5) is 0 Å². The molecule has 0 spiro atoms. The minimum atomic E-state index is -0.508. The maximum absolute atomic E-state index is 13.8. The van der Waals surface area contributed by atoms with E-state index in [2.05, 4.69) is 26.0 Å². The third-order valence-corrected chi connectivity index (χ3v) is 7.48. The fraction of sp³-hybridized carbons (Fsp3) is 0.636. The van der Waals surface area contributed by atoms with E-state index in [4.69, 9.17) is 5.73 Å². The van der Waals surface area contributed by atoms with Gasteiger partial charge in [0, 0.05) is 13.1 Å². The Morgan fingerprint density at radius 3 is 2.27 bits per heavy atom. The molecule has 1 saturated heterocycles. The van der Waals surface area contributed by atoms with E-state index in [0.717, 1.165) is 37.7 Å². The molecule has 1 aliphatic heterocycles. The first-order valence-corrected chi connectivity index (χ1v) is 9.97. The van der Waals surface area contributed by atoms with Crippen molar-refractivity contribution in [3.63, 3.8) is 0 Å². The van der Waals surface area contributed by atoms with Gasteiger partial charge in [0.1, 0.15) is 0 Å². The highest BCUT2D eigenvalue weighted by molar-refractivity contribution is 5.91. The molecule has 0 unspecified atom stereocenters. The quantitative estimate of drug-likeness (QED) is 0.905. The summed E-state index contributed by atoms with van der Waals surface area (Å²) in [5.74, 6) is 0.177. The monoisotopic (exact) mass is 354 g/mol. The normalized spacial score (nSPS) is 31.8. The summed E-state index contributed by atoms with van der Waals surface area (Å²) < 4.78 is 0. The van der Waals surface area contributed by atoms with Gasteiger partial charge < -0.3 is 10.6 Å². The maximum atomic E-state index is 13.8. The number of rotatable bonds is 3. The van der Waals surface area contributed by atoms with Crippen LogP contribution in [0.3, 0.4) is 0 Å². The summed E-state index contributed by atoms with van der Waals surface area (Å²) in [5, 5.41) is 0. The molecular formula is C22H30N2O2. The summed E-state index contributed by atoms with van der Waals surface area (Å²) in [4.78, 5) is 28.0. The van der Waals surface area contributed by atoms with Crippen LogP contribution in [0.15, 0.2) is 30.3 Å². The Balaban J connectivity index is 1.67. The highest BCUT2D eigenvalue weighted by atomic mass is 16.2. The second kappa shape index (κ2) is 5.83. The predicted molar refractivity (Wildman–Crippen MR) is 101 cm³/mol. The first-order valence-electron chi connectivity index (χ1n) is 9.97. The van der Waals surface area contributed by atoms with Crippen LogP contribution in [0.1, 0.15) is 57.9 Å². The average Bonchev–Trinajstić information content (AvgIpc) is 2.98. The molecule has 0 bridgehead atoms. The lowest BCUT2D eigenvalue weighted by Crippen LogP contribution is -2.59. The fourth-order valence-corrected chi connectivity index (χ4v) is 6.22. The number of nitrogens with zero attached hydrogens (tertiary/aromatic N) is 1. The van der Waals surface area contributed by atoms with E-state index in [1.807, 2.05) is 23.1 Å². The number of hydrogen-bond donors (Lipinski definition) is 1. The van der Waals surface area contributed by atoms with Gasteiger partial charge in [-0.05, 0) is 36.2 Å². The molecule has 2 atom stereocenters. The third-order valence-electron chi connectivity index (χ3n) is 7.48. The highest BCUT2D eigenvalue weighted by Crippen LogP contribution is 2.63. The number of carbonyl (C=O) groups is 2. The molecule has 4 rings (SSSR count). The molecule has 2 saturated carbocycles. The maximum Gasteiger partial charge on any atom is 0.233 e. The van der Waals surface area contributed by atoms with Crippen molar-refractivity contribution in [3.05, 3.63) is 35.9 Å². The summed E-state index contributed by atoms with van der Waals surface area (Å²) in [6.45, 7) is 5.56. The number of nitrogens with two attached hydrogens (primary N) is 1. The highest BCUT2D eigenvalue weighted by Gasteiger charge is 2.67. The number of fused-ring (bicyclic) bond motifs is 1. The molecule has 140 valence electrons. The molecule has 2 N–H and O–H groups in total. The van der Waals surface area contributed by atoms with Gasteiger partial charge in [0.05, 0.1) is 10.8 Å². The fourth-order valence-electron chi connectivity index (χ4n) is 6.22. The van der Waals surface area contributed by atoms with Gasteiger partial charge in [0.2, 0.25) is 11.8 Å². The summed E-state index contributed by atoms with van der Waals surface area (Å²) >= 11 is 0. The lowest BCUT2D eigenvalue weighted by atomic mass is 9.48. The van der Waals surface area contributed by atoms with Crippen LogP contribution in [-0.4, -0.2) is 29.8 Å². The standard InChI is InChI=1S/C22H30N2O2/c1-20(2)14-22(18(23)25)15-24(13-17(20)22)19(26)21(11-7-4-8-12-21)16-9-5-3-6-10-16/h3,5-6,9-10,17H,4,7-8,11-15H2,1-2H3,(H2,23,25)/t17-,22+/m1/s1. The average molecular weight is 354 g/mol. The second-order valence-electron chi connectivity index (χ2n) is 9.43. The molecular weight excluding hydrogens is 324 g/mol. The molecule has 1 aromatic carbocycles. The van der Waals surface area contributed by atoms with Crippen molar-refractivity contribution in [2.45, 2.75) is 57.8 Å². The molecule has 3 fully saturated rings. The van der Waals surface area contributed by atoms with Crippen molar-refractivity contribution in [1.29, 1.82) is 0 Å². The van der Waals surface area contributed by atoms with Crippen molar-refractivity contribution in [2.24, 2.45) is 22.5 Å². The third kappa shape index (κ3) is 2.34. The van der Waals surface area contributed by atoms with Crippen LogP contribution < -0.4 is 5.73 Å². The van der Waals surface area contributed by atoms with Crippen LogP contribution in [-0.2, 0) is 15.0 Å². The number of likely N-dealkylation sites (tertiary alicyclic amines) is 1. The van der Waals surface area contributed by atoms with Crippen LogP contribution in [0.25, 0.3) is 0 Å². The Labute approximate surface area is 156 Å². The molecule has 4 nitrogen and oxygen atoms in total. The summed E-state index contributed by atoms with van der Waals surface area (Å²) in [7, 11) is 0. The largest absolute Gasteiger partial charge is 0.369 e. The summed E-state index contributed by atoms with van der Waals surface area (Å²) in [5.41, 5.74) is 6.09. The second-order valence-corrected chi connectivity index (χ2v) is 9.43. The van der Waals surface area contributed by atoms with Gasteiger partial charge in [0.15, 0.2) is 0 Å². The van der Waals surface area contributed by atoms with Crippen LogP contribution in [0, 0.1) is 16.7 Å². The molecule has 0 radical (unpaired) electrons. The number of primary amides is 1.